The van der Waals surface area contributed by atoms with Crippen LogP contribution in [0, 0.1) is 5.82 Å². The minimum atomic E-state index is -0.294. The first-order valence-corrected chi connectivity index (χ1v) is 9.72. The lowest BCUT2D eigenvalue weighted by Gasteiger charge is -2.07. The summed E-state index contributed by atoms with van der Waals surface area (Å²) in [7, 11) is 0. The van der Waals surface area contributed by atoms with E-state index in [1.54, 1.807) is 31.3 Å². The molecule has 5 heteroatoms. The van der Waals surface area contributed by atoms with Crippen LogP contribution in [0.2, 0.25) is 0 Å². The Kier molecular flexibility index (Phi) is 7.09. The summed E-state index contributed by atoms with van der Waals surface area (Å²) < 4.78 is 19.9. The molecule has 0 fully saturated rings. The second-order valence-corrected chi connectivity index (χ2v) is 6.93. The molecule has 1 unspecified atom stereocenters. The number of aliphatic hydroxyl groups is 1. The molecule has 0 bridgehead atoms. The number of rotatable bonds is 9. The zero-order chi connectivity index (χ0) is 20.6. The molecule has 1 atom stereocenters. The molecular weight excluding hydrogens is 367 g/mol. The van der Waals surface area contributed by atoms with Crippen LogP contribution < -0.4 is 4.74 Å². The number of fused-ring (bicyclic) bond motifs is 1. The monoisotopic (exact) mass is 392 g/mol. The Bertz CT molecular complexity index is 1010. The lowest BCUT2D eigenvalue weighted by Crippen LogP contribution is -1.97. The van der Waals surface area contributed by atoms with E-state index in [0.717, 1.165) is 35.9 Å². The molecule has 29 heavy (non-hydrogen) atoms. The van der Waals surface area contributed by atoms with Crippen molar-refractivity contribution in [2.24, 2.45) is 0 Å². The van der Waals surface area contributed by atoms with Gasteiger partial charge in [0.25, 0.3) is 0 Å². The third-order valence-electron chi connectivity index (χ3n) is 4.49. The summed E-state index contributed by atoms with van der Waals surface area (Å²) in [4.78, 5) is 8.79. The van der Waals surface area contributed by atoms with Gasteiger partial charge in [-0.15, -0.1) is 0 Å². The Morgan fingerprint density at radius 1 is 1.17 bits per heavy atom. The van der Waals surface area contributed by atoms with Crippen molar-refractivity contribution in [3.63, 3.8) is 0 Å². The van der Waals surface area contributed by atoms with Crippen LogP contribution >= 0.6 is 0 Å². The fourth-order valence-corrected chi connectivity index (χ4v) is 2.97. The van der Waals surface area contributed by atoms with E-state index in [1.165, 1.54) is 6.07 Å². The molecule has 150 valence electrons. The van der Waals surface area contributed by atoms with Gasteiger partial charge in [-0.25, -0.2) is 14.4 Å². The third kappa shape index (κ3) is 5.72. The van der Waals surface area contributed by atoms with Gasteiger partial charge in [-0.3, -0.25) is 0 Å². The molecular formula is C24H25FN2O2. The maximum absolute atomic E-state index is 14.5. The molecule has 0 spiro atoms. The van der Waals surface area contributed by atoms with E-state index < -0.39 is 0 Å². The fraction of sp³-hybridized carbons (Fsp3) is 0.250. The number of aliphatic hydroxyl groups excluding tert-OH is 1. The number of unbranched alkanes of at least 4 members (excludes halogenated alkanes) is 1. The van der Waals surface area contributed by atoms with Crippen LogP contribution in [-0.4, -0.2) is 27.8 Å². The molecule has 4 nitrogen and oxygen atoms in total. The molecule has 1 N–H and O–H groups in total. The maximum Gasteiger partial charge on any atom is 0.233 e. The smallest absolute Gasteiger partial charge is 0.233 e. The van der Waals surface area contributed by atoms with Crippen LogP contribution in [0.3, 0.4) is 0 Å². The zero-order valence-electron chi connectivity index (χ0n) is 16.5. The highest BCUT2D eigenvalue weighted by molar-refractivity contribution is 5.81. The van der Waals surface area contributed by atoms with Crippen molar-refractivity contribution >= 4 is 17.1 Å². The first-order chi connectivity index (χ1) is 14.1. The van der Waals surface area contributed by atoms with E-state index in [9.17, 15) is 9.50 Å². The van der Waals surface area contributed by atoms with Crippen molar-refractivity contribution in [2.75, 3.05) is 6.61 Å². The van der Waals surface area contributed by atoms with Gasteiger partial charge in [-0.2, -0.15) is 0 Å². The van der Waals surface area contributed by atoms with E-state index >= 15 is 0 Å². The Hall–Kier alpha value is -3.05. The topological polar surface area (TPSA) is 55.2 Å². The summed E-state index contributed by atoms with van der Waals surface area (Å²) in [6.07, 6.45) is 9.10. The number of benzene rings is 2. The second-order valence-electron chi connectivity index (χ2n) is 6.93. The zero-order valence-corrected chi connectivity index (χ0v) is 16.5. The summed E-state index contributed by atoms with van der Waals surface area (Å²) in [5.74, 6) is 0.175. The molecule has 0 aliphatic heterocycles. The number of aromatic nitrogens is 2. The number of hydrogen-bond donors (Lipinski definition) is 1. The average molecular weight is 392 g/mol. The second kappa shape index (κ2) is 9.94. The molecule has 3 rings (SSSR count). The van der Waals surface area contributed by atoms with Gasteiger partial charge in [0.15, 0.2) is 0 Å². The molecule has 0 aliphatic carbocycles. The fourth-order valence-electron chi connectivity index (χ4n) is 2.97. The molecule has 2 aromatic carbocycles. The lowest BCUT2D eigenvalue weighted by molar-refractivity contribution is 0.182. The standard InChI is InChI=1S/C24H25FN2O2/c1-3-13-29-24-16-26-23-15-20(11-12-22(23)27-24)19-10-9-18(21(25)14-19)8-6-4-5-7-17(2)28/h3,6,8-12,14-17,28H,1,4-5,7,13H2,2H3/b8-6+. The predicted octanol–water partition coefficient (Wildman–Crippen LogP) is 5.57. The van der Waals surface area contributed by atoms with E-state index in [-0.39, 0.29) is 11.9 Å². The van der Waals surface area contributed by atoms with E-state index in [1.807, 2.05) is 30.3 Å². The summed E-state index contributed by atoms with van der Waals surface area (Å²) in [5, 5.41) is 9.26. The van der Waals surface area contributed by atoms with Crippen LogP contribution in [0.4, 0.5) is 4.39 Å². The summed E-state index contributed by atoms with van der Waals surface area (Å²) in [5.41, 5.74) is 3.64. The molecule has 0 amide bonds. The van der Waals surface area contributed by atoms with Crippen molar-refractivity contribution in [3.05, 3.63) is 72.7 Å². The van der Waals surface area contributed by atoms with E-state index in [0.29, 0.717) is 23.6 Å². The normalized spacial score (nSPS) is 12.4. The van der Waals surface area contributed by atoms with Crippen molar-refractivity contribution in [2.45, 2.75) is 32.3 Å². The quantitative estimate of drug-likeness (QED) is 0.382. The van der Waals surface area contributed by atoms with Crippen LogP contribution in [0.15, 0.2) is 61.3 Å². The highest BCUT2D eigenvalue weighted by Gasteiger charge is 2.07. The molecule has 0 aliphatic rings. The number of nitrogens with zero attached hydrogens (tertiary/aromatic N) is 2. The highest BCUT2D eigenvalue weighted by Crippen LogP contribution is 2.26. The van der Waals surface area contributed by atoms with Crippen LogP contribution in [0.25, 0.3) is 28.2 Å². The number of halogens is 1. The van der Waals surface area contributed by atoms with Gasteiger partial charge < -0.3 is 9.84 Å². The van der Waals surface area contributed by atoms with E-state index in [4.69, 9.17) is 4.74 Å². The van der Waals surface area contributed by atoms with E-state index in [2.05, 4.69) is 16.5 Å². The van der Waals surface area contributed by atoms with Gasteiger partial charge in [0, 0.05) is 5.56 Å². The van der Waals surface area contributed by atoms with Gasteiger partial charge in [0.2, 0.25) is 5.88 Å². The Morgan fingerprint density at radius 2 is 1.97 bits per heavy atom. The number of allylic oxidation sites excluding steroid dienone is 1. The Balaban J connectivity index is 1.74. The molecule has 0 radical (unpaired) electrons. The van der Waals surface area contributed by atoms with Crippen LogP contribution in [0.1, 0.15) is 31.7 Å². The van der Waals surface area contributed by atoms with Crippen molar-refractivity contribution < 1.29 is 14.2 Å². The largest absolute Gasteiger partial charge is 0.472 e. The Morgan fingerprint density at radius 3 is 2.72 bits per heavy atom. The van der Waals surface area contributed by atoms with Gasteiger partial charge in [0.1, 0.15) is 12.4 Å². The lowest BCUT2D eigenvalue weighted by atomic mass is 10.0. The SMILES string of the molecule is C=CCOc1cnc2cc(-c3ccc(/C=C/CCCC(C)O)c(F)c3)ccc2n1. The summed E-state index contributed by atoms with van der Waals surface area (Å²) in [6.45, 7) is 5.76. The van der Waals surface area contributed by atoms with Crippen molar-refractivity contribution in [1.82, 2.24) is 9.97 Å². The van der Waals surface area contributed by atoms with Crippen LogP contribution in [-0.2, 0) is 0 Å². The molecule has 1 heterocycles. The average Bonchev–Trinajstić information content (AvgIpc) is 2.72. The molecule has 1 aromatic heterocycles. The molecule has 3 aromatic rings. The molecule has 0 saturated carbocycles. The minimum absolute atomic E-state index is 0.270. The number of ether oxygens (including phenoxy) is 1. The number of hydrogen-bond acceptors (Lipinski definition) is 4. The van der Waals surface area contributed by atoms with Gasteiger partial charge in [0.05, 0.1) is 23.3 Å². The highest BCUT2D eigenvalue weighted by atomic mass is 19.1. The Labute approximate surface area is 170 Å². The van der Waals surface area contributed by atoms with Crippen molar-refractivity contribution in [1.29, 1.82) is 0 Å². The van der Waals surface area contributed by atoms with Gasteiger partial charge >= 0.3 is 0 Å². The van der Waals surface area contributed by atoms with Gasteiger partial charge in [-0.05, 0) is 55.5 Å². The van der Waals surface area contributed by atoms with Crippen LogP contribution in [0.5, 0.6) is 5.88 Å². The minimum Gasteiger partial charge on any atom is -0.472 e. The molecule has 0 saturated heterocycles. The maximum atomic E-state index is 14.5. The van der Waals surface area contributed by atoms with Gasteiger partial charge in [-0.1, -0.05) is 43.0 Å². The summed E-state index contributed by atoms with van der Waals surface area (Å²) >= 11 is 0. The summed E-state index contributed by atoms with van der Waals surface area (Å²) in [6, 6.07) is 10.8. The van der Waals surface area contributed by atoms with Crippen molar-refractivity contribution in [3.8, 4) is 17.0 Å². The third-order valence-corrected chi connectivity index (χ3v) is 4.49. The first kappa shape index (κ1) is 20.7. The predicted molar refractivity (Wildman–Crippen MR) is 115 cm³/mol. The first-order valence-electron chi connectivity index (χ1n) is 9.72.